The minimum Gasteiger partial charge on any atom is -0.312 e. The molecule has 0 heterocycles. The topological polar surface area (TPSA) is 12.0 Å². The molecule has 1 aromatic carbocycles. The van der Waals surface area contributed by atoms with E-state index in [9.17, 15) is 0 Å². The van der Waals surface area contributed by atoms with Crippen molar-refractivity contribution in [2.45, 2.75) is 46.1 Å². The summed E-state index contributed by atoms with van der Waals surface area (Å²) < 4.78 is 0. The Kier molecular flexibility index (Phi) is 4.22. The van der Waals surface area contributed by atoms with Crippen LogP contribution in [0.4, 0.5) is 0 Å². The minimum atomic E-state index is 0.530. The average Bonchev–Trinajstić information content (AvgIpc) is 2.32. The third-order valence-electron chi connectivity index (χ3n) is 4.29. The maximum Gasteiger partial charge on any atom is 0.0205 e. The van der Waals surface area contributed by atoms with E-state index in [1.54, 1.807) is 0 Å². The van der Waals surface area contributed by atoms with Gasteiger partial charge in [0, 0.05) is 6.54 Å². The van der Waals surface area contributed by atoms with Crippen molar-refractivity contribution < 1.29 is 0 Å². The van der Waals surface area contributed by atoms with Crippen molar-refractivity contribution in [2.75, 3.05) is 6.54 Å². The highest BCUT2D eigenvalue weighted by atomic mass is 14.9. The van der Waals surface area contributed by atoms with Gasteiger partial charge in [-0.05, 0) is 36.3 Å². The molecule has 0 radical (unpaired) electrons. The molecule has 1 saturated carbocycles. The van der Waals surface area contributed by atoms with Gasteiger partial charge in [0.25, 0.3) is 0 Å². The van der Waals surface area contributed by atoms with E-state index in [-0.39, 0.29) is 0 Å². The lowest BCUT2D eigenvalue weighted by Crippen LogP contribution is -2.35. The zero-order valence-electron chi connectivity index (χ0n) is 11.2. The SMILES string of the molecule is CC1(C)CCCCC1CNCc1ccccc1. The first-order valence-corrected chi connectivity index (χ1v) is 6.93. The second-order valence-electron chi connectivity index (χ2n) is 6.05. The van der Waals surface area contributed by atoms with Crippen LogP contribution in [0.3, 0.4) is 0 Å². The fourth-order valence-electron chi connectivity index (χ4n) is 2.93. The molecule has 94 valence electrons. The summed E-state index contributed by atoms with van der Waals surface area (Å²) in [6, 6.07) is 10.7. The molecule has 1 aromatic rings. The molecule has 0 aromatic heterocycles. The molecule has 1 nitrogen and oxygen atoms in total. The lowest BCUT2D eigenvalue weighted by atomic mass is 9.69. The Morgan fingerprint density at radius 2 is 1.94 bits per heavy atom. The molecule has 17 heavy (non-hydrogen) atoms. The number of hydrogen-bond donors (Lipinski definition) is 1. The van der Waals surface area contributed by atoms with Crippen molar-refractivity contribution in [1.82, 2.24) is 5.32 Å². The van der Waals surface area contributed by atoms with Crippen molar-refractivity contribution in [3.05, 3.63) is 35.9 Å². The van der Waals surface area contributed by atoms with Crippen molar-refractivity contribution in [1.29, 1.82) is 0 Å². The van der Waals surface area contributed by atoms with Gasteiger partial charge in [0.15, 0.2) is 0 Å². The molecular weight excluding hydrogens is 206 g/mol. The highest BCUT2D eigenvalue weighted by Crippen LogP contribution is 2.39. The van der Waals surface area contributed by atoms with E-state index in [0.29, 0.717) is 5.41 Å². The third kappa shape index (κ3) is 3.57. The van der Waals surface area contributed by atoms with Crippen LogP contribution in [0.5, 0.6) is 0 Å². The monoisotopic (exact) mass is 231 g/mol. The van der Waals surface area contributed by atoms with Gasteiger partial charge < -0.3 is 5.32 Å². The Labute approximate surface area is 106 Å². The maximum absolute atomic E-state index is 3.63. The van der Waals surface area contributed by atoms with Gasteiger partial charge in [-0.15, -0.1) is 0 Å². The van der Waals surface area contributed by atoms with E-state index in [0.717, 1.165) is 12.5 Å². The van der Waals surface area contributed by atoms with Crippen molar-refractivity contribution in [2.24, 2.45) is 11.3 Å². The molecule has 1 atom stereocenters. The number of rotatable bonds is 4. The van der Waals surface area contributed by atoms with Crippen molar-refractivity contribution >= 4 is 0 Å². The van der Waals surface area contributed by atoms with Gasteiger partial charge in [-0.25, -0.2) is 0 Å². The third-order valence-corrected chi connectivity index (χ3v) is 4.29. The van der Waals surface area contributed by atoms with Crippen LogP contribution in [0.25, 0.3) is 0 Å². The van der Waals surface area contributed by atoms with Gasteiger partial charge in [-0.1, -0.05) is 57.0 Å². The van der Waals surface area contributed by atoms with Crippen LogP contribution in [-0.2, 0) is 6.54 Å². The van der Waals surface area contributed by atoms with Gasteiger partial charge in [-0.2, -0.15) is 0 Å². The van der Waals surface area contributed by atoms with Gasteiger partial charge in [0.05, 0.1) is 0 Å². The van der Waals surface area contributed by atoms with Gasteiger partial charge in [-0.3, -0.25) is 0 Å². The summed E-state index contributed by atoms with van der Waals surface area (Å²) in [6.07, 6.45) is 5.63. The standard InChI is InChI=1S/C16H25N/c1-16(2)11-7-6-10-15(16)13-17-12-14-8-4-3-5-9-14/h3-5,8-9,15,17H,6-7,10-13H2,1-2H3. The molecule has 1 heteroatoms. The van der Waals surface area contributed by atoms with E-state index >= 15 is 0 Å². The van der Waals surface area contributed by atoms with Crippen LogP contribution in [0.15, 0.2) is 30.3 Å². The van der Waals surface area contributed by atoms with Crippen LogP contribution in [-0.4, -0.2) is 6.54 Å². The van der Waals surface area contributed by atoms with Crippen LogP contribution >= 0.6 is 0 Å². The van der Waals surface area contributed by atoms with E-state index in [1.807, 2.05) is 0 Å². The summed E-state index contributed by atoms with van der Waals surface area (Å²) in [6.45, 7) is 7.04. The summed E-state index contributed by atoms with van der Waals surface area (Å²) in [4.78, 5) is 0. The van der Waals surface area contributed by atoms with Gasteiger partial charge in [0.1, 0.15) is 0 Å². The molecule has 2 rings (SSSR count). The number of benzene rings is 1. The first-order valence-electron chi connectivity index (χ1n) is 6.93. The molecule has 0 saturated heterocycles. The summed E-state index contributed by atoms with van der Waals surface area (Å²) in [5.41, 5.74) is 1.92. The molecule has 0 bridgehead atoms. The Bertz CT molecular complexity index is 329. The summed E-state index contributed by atoms with van der Waals surface area (Å²) in [7, 11) is 0. The maximum atomic E-state index is 3.63. The minimum absolute atomic E-state index is 0.530. The van der Waals surface area contributed by atoms with Crippen LogP contribution in [0, 0.1) is 11.3 Å². The molecule has 1 unspecified atom stereocenters. The first-order chi connectivity index (χ1) is 8.18. The molecule has 0 aliphatic heterocycles. The molecular formula is C16H25N. The summed E-state index contributed by atoms with van der Waals surface area (Å²) in [5.74, 6) is 0.847. The summed E-state index contributed by atoms with van der Waals surface area (Å²) >= 11 is 0. The largest absolute Gasteiger partial charge is 0.312 e. The lowest BCUT2D eigenvalue weighted by Gasteiger charge is -2.38. The Balaban J connectivity index is 1.78. The number of hydrogen-bond acceptors (Lipinski definition) is 1. The molecule has 0 spiro atoms. The van der Waals surface area contributed by atoms with Crippen molar-refractivity contribution in [3.63, 3.8) is 0 Å². The first kappa shape index (κ1) is 12.6. The van der Waals surface area contributed by atoms with E-state index in [1.165, 1.54) is 37.8 Å². The normalized spacial score (nSPS) is 23.5. The number of nitrogens with one attached hydrogen (secondary N) is 1. The van der Waals surface area contributed by atoms with Crippen molar-refractivity contribution in [3.8, 4) is 0 Å². The van der Waals surface area contributed by atoms with E-state index < -0.39 is 0 Å². The smallest absolute Gasteiger partial charge is 0.0205 e. The van der Waals surface area contributed by atoms with Crippen LogP contribution in [0.2, 0.25) is 0 Å². The van der Waals surface area contributed by atoms with Gasteiger partial charge >= 0.3 is 0 Å². The molecule has 1 aliphatic carbocycles. The highest BCUT2D eigenvalue weighted by molar-refractivity contribution is 5.14. The Morgan fingerprint density at radius 1 is 1.18 bits per heavy atom. The molecule has 1 fully saturated rings. The fraction of sp³-hybridized carbons (Fsp3) is 0.625. The van der Waals surface area contributed by atoms with Crippen LogP contribution < -0.4 is 5.32 Å². The van der Waals surface area contributed by atoms with E-state index in [4.69, 9.17) is 0 Å². The average molecular weight is 231 g/mol. The predicted octanol–water partition coefficient (Wildman–Crippen LogP) is 3.99. The predicted molar refractivity (Wildman–Crippen MR) is 73.9 cm³/mol. The van der Waals surface area contributed by atoms with E-state index in [2.05, 4.69) is 49.5 Å². The molecule has 1 N–H and O–H groups in total. The van der Waals surface area contributed by atoms with Crippen LogP contribution in [0.1, 0.15) is 45.1 Å². The fourth-order valence-corrected chi connectivity index (χ4v) is 2.93. The zero-order chi connectivity index (χ0) is 12.1. The molecule has 0 amide bonds. The second-order valence-corrected chi connectivity index (χ2v) is 6.05. The quantitative estimate of drug-likeness (QED) is 0.826. The Hall–Kier alpha value is -0.820. The van der Waals surface area contributed by atoms with Gasteiger partial charge in [0.2, 0.25) is 0 Å². The molecule has 1 aliphatic rings. The summed E-state index contributed by atoms with van der Waals surface area (Å²) in [5, 5.41) is 3.63. The highest BCUT2D eigenvalue weighted by Gasteiger charge is 2.31. The Morgan fingerprint density at radius 3 is 2.65 bits per heavy atom. The second kappa shape index (κ2) is 5.68. The lowest BCUT2D eigenvalue weighted by molar-refractivity contribution is 0.135. The zero-order valence-corrected chi connectivity index (χ0v) is 11.2.